The number of hydrogen-bond donors (Lipinski definition) is 1. The van der Waals surface area contributed by atoms with Gasteiger partial charge in [-0.15, -0.1) is 0 Å². The van der Waals surface area contributed by atoms with Crippen LogP contribution in [-0.2, 0) is 9.59 Å². The molecule has 0 unspecified atom stereocenters. The summed E-state index contributed by atoms with van der Waals surface area (Å²) in [5.74, 6) is 1.96. The van der Waals surface area contributed by atoms with Gasteiger partial charge in [0.25, 0.3) is 0 Å². The van der Waals surface area contributed by atoms with Crippen LogP contribution in [0.2, 0.25) is 0 Å². The van der Waals surface area contributed by atoms with Crippen LogP contribution in [0.1, 0.15) is 38.5 Å². The summed E-state index contributed by atoms with van der Waals surface area (Å²) in [7, 11) is 0. The molecular weight excluding hydrogens is 272 g/mol. The van der Waals surface area contributed by atoms with Gasteiger partial charge in [0.15, 0.2) is 0 Å². The van der Waals surface area contributed by atoms with Gasteiger partial charge >= 0.3 is 0 Å². The monoisotopic (exact) mass is 296 g/mol. The van der Waals surface area contributed by atoms with Gasteiger partial charge in [-0.05, 0) is 44.3 Å². The second-order valence-corrected chi connectivity index (χ2v) is 7.69. The van der Waals surface area contributed by atoms with E-state index in [0.29, 0.717) is 11.8 Å². The summed E-state index contributed by atoms with van der Waals surface area (Å²) in [5, 5.41) is 3.70. The average Bonchev–Trinajstić information content (AvgIpc) is 3.20. The zero-order valence-electron chi connectivity index (χ0n) is 12.0. The van der Waals surface area contributed by atoms with E-state index in [1.54, 1.807) is 0 Å². The number of nitrogens with zero attached hydrogens (tertiary/aromatic N) is 1. The summed E-state index contributed by atoms with van der Waals surface area (Å²) in [4.78, 5) is 26.3. The van der Waals surface area contributed by atoms with Crippen molar-refractivity contribution < 1.29 is 9.59 Å². The average molecular weight is 296 g/mol. The molecular formula is C15H24N2O2S. The van der Waals surface area contributed by atoms with Gasteiger partial charge in [-0.1, -0.05) is 0 Å². The Bertz CT molecular complexity index is 378. The Morgan fingerprint density at radius 1 is 1.10 bits per heavy atom. The fourth-order valence-corrected chi connectivity index (χ4v) is 4.35. The first-order valence-corrected chi connectivity index (χ1v) is 8.97. The van der Waals surface area contributed by atoms with Crippen LogP contribution < -0.4 is 5.32 Å². The van der Waals surface area contributed by atoms with Gasteiger partial charge in [0.2, 0.25) is 11.8 Å². The first kappa shape index (κ1) is 14.2. The van der Waals surface area contributed by atoms with Crippen molar-refractivity contribution in [1.29, 1.82) is 0 Å². The van der Waals surface area contributed by atoms with Crippen LogP contribution in [0, 0.1) is 11.8 Å². The molecule has 2 saturated heterocycles. The van der Waals surface area contributed by atoms with Crippen molar-refractivity contribution in [3.8, 4) is 0 Å². The van der Waals surface area contributed by atoms with E-state index in [0.717, 1.165) is 38.8 Å². The summed E-state index contributed by atoms with van der Waals surface area (Å²) in [5.41, 5.74) is 0. The van der Waals surface area contributed by atoms with Crippen molar-refractivity contribution in [2.24, 2.45) is 11.8 Å². The zero-order chi connectivity index (χ0) is 13.9. The van der Waals surface area contributed by atoms with Crippen LogP contribution in [0.3, 0.4) is 0 Å². The maximum atomic E-state index is 12.3. The van der Waals surface area contributed by atoms with Crippen molar-refractivity contribution >= 4 is 23.6 Å². The van der Waals surface area contributed by atoms with Crippen molar-refractivity contribution in [3.63, 3.8) is 0 Å². The number of piperidine rings is 1. The molecule has 0 bridgehead atoms. The molecule has 2 amide bonds. The third kappa shape index (κ3) is 3.48. The lowest BCUT2D eigenvalue weighted by Gasteiger charge is -2.32. The highest BCUT2D eigenvalue weighted by molar-refractivity contribution is 8.00. The van der Waals surface area contributed by atoms with Crippen molar-refractivity contribution in [1.82, 2.24) is 10.2 Å². The molecule has 2 heterocycles. The number of hydrogen-bond acceptors (Lipinski definition) is 3. The standard InChI is InChI=1S/C15H24N2O2S/c18-14(16-9-13-4-2-8-20-13)12-3-1-7-17(10-12)15(19)11-5-6-11/h11-13H,1-10H2,(H,16,18)/t12-,13+/m0/s1. The topological polar surface area (TPSA) is 49.4 Å². The quantitative estimate of drug-likeness (QED) is 0.858. The predicted molar refractivity (Wildman–Crippen MR) is 80.5 cm³/mol. The molecule has 4 nitrogen and oxygen atoms in total. The molecule has 2 atom stereocenters. The molecule has 2 aliphatic heterocycles. The lowest BCUT2D eigenvalue weighted by molar-refractivity contribution is -0.136. The molecule has 1 aliphatic carbocycles. The van der Waals surface area contributed by atoms with Crippen LogP contribution in [0.4, 0.5) is 0 Å². The molecule has 0 aromatic carbocycles. The lowest BCUT2D eigenvalue weighted by atomic mass is 9.96. The third-order valence-electron chi connectivity index (χ3n) is 4.56. The summed E-state index contributed by atoms with van der Waals surface area (Å²) < 4.78 is 0. The van der Waals surface area contributed by atoms with Crippen molar-refractivity contribution in [3.05, 3.63) is 0 Å². The van der Waals surface area contributed by atoms with Crippen LogP contribution in [0.25, 0.3) is 0 Å². The molecule has 3 aliphatic rings. The maximum Gasteiger partial charge on any atom is 0.225 e. The first-order chi connectivity index (χ1) is 9.74. The Morgan fingerprint density at radius 3 is 2.65 bits per heavy atom. The second kappa shape index (κ2) is 6.37. The normalized spacial score (nSPS) is 30.3. The molecule has 5 heteroatoms. The molecule has 0 aromatic rings. The summed E-state index contributed by atoms with van der Waals surface area (Å²) in [6.07, 6.45) is 6.49. The van der Waals surface area contributed by atoms with E-state index in [4.69, 9.17) is 0 Å². The molecule has 0 aromatic heterocycles. The predicted octanol–water partition coefficient (Wildman–Crippen LogP) is 1.65. The van der Waals surface area contributed by atoms with Crippen LogP contribution in [0.15, 0.2) is 0 Å². The van der Waals surface area contributed by atoms with Gasteiger partial charge in [-0.25, -0.2) is 0 Å². The van der Waals surface area contributed by atoms with Gasteiger partial charge in [-0.3, -0.25) is 9.59 Å². The molecule has 1 saturated carbocycles. The SMILES string of the molecule is O=C(NC[C@H]1CCCS1)[C@H]1CCCN(C(=O)C2CC2)C1. The minimum Gasteiger partial charge on any atom is -0.355 e. The number of thioether (sulfide) groups is 1. The summed E-state index contributed by atoms with van der Waals surface area (Å²) in [6, 6.07) is 0. The Balaban J connectivity index is 1.45. The number of rotatable bonds is 4. The maximum absolute atomic E-state index is 12.3. The van der Waals surface area contributed by atoms with E-state index in [1.807, 2.05) is 16.7 Å². The highest BCUT2D eigenvalue weighted by atomic mass is 32.2. The Kier molecular flexibility index (Phi) is 4.54. The number of nitrogens with one attached hydrogen (secondary N) is 1. The van der Waals surface area contributed by atoms with Gasteiger partial charge < -0.3 is 10.2 Å². The fourth-order valence-electron chi connectivity index (χ4n) is 3.14. The minimum atomic E-state index is 0.0119. The first-order valence-electron chi connectivity index (χ1n) is 7.92. The molecule has 0 spiro atoms. The molecule has 20 heavy (non-hydrogen) atoms. The largest absolute Gasteiger partial charge is 0.355 e. The second-order valence-electron chi connectivity index (χ2n) is 6.28. The van der Waals surface area contributed by atoms with E-state index in [-0.39, 0.29) is 23.7 Å². The van der Waals surface area contributed by atoms with E-state index in [2.05, 4.69) is 5.32 Å². The Hall–Kier alpha value is -0.710. The highest BCUT2D eigenvalue weighted by Crippen LogP contribution is 2.32. The lowest BCUT2D eigenvalue weighted by Crippen LogP contribution is -2.46. The van der Waals surface area contributed by atoms with Crippen LogP contribution in [-0.4, -0.2) is 47.4 Å². The molecule has 3 rings (SSSR count). The fraction of sp³-hybridized carbons (Fsp3) is 0.867. The number of carbonyl (C=O) groups is 2. The van der Waals surface area contributed by atoms with Crippen LogP contribution in [0.5, 0.6) is 0 Å². The Morgan fingerprint density at radius 2 is 1.95 bits per heavy atom. The van der Waals surface area contributed by atoms with E-state index >= 15 is 0 Å². The minimum absolute atomic E-state index is 0.0119. The molecule has 3 fully saturated rings. The highest BCUT2D eigenvalue weighted by Gasteiger charge is 2.36. The summed E-state index contributed by atoms with van der Waals surface area (Å²) >= 11 is 1.97. The van der Waals surface area contributed by atoms with E-state index in [1.165, 1.54) is 18.6 Å². The van der Waals surface area contributed by atoms with E-state index < -0.39 is 0 Å². The number of amides is 2. The third-order valence-corrected chi connectivity index (χ3v) is 5.96. The van der Waals surface area contributed by atoms with Crippen molar-refractivity contribution in [2.45, 2.75) is 43.8 Å². The smallest absolute Gasteiger partial charge is 0.225 e. The van der Waals surface area contributed by atoms with E-state index in [9.17, 15) is 9.59 Å². The van der Waals surface area contributed by atoms with Gasteiger partial charge in [0.1, 0.15) is 0 Å². The Labute approximate surface area is 125 Å². The van der Waals surface area contributed by atoms with Gasteiger partial charge in [-0.2, -0.15) is 11.8 Å². The zero-order valence-corrected chi connectivity index (χ0v) is 12.8. The van der Waals surface area contributed by atoms with Crippen LogP contribution >= 0.6 is 11.8 Å². The molecule has 0 radical (unpaired) electrons. The molecule has 112 valence electrons. The van der Waals surface area contributed by atoms with Gasteiger partial charge in [0, 0.05) is 30.8 Å². The summed E-state index contributed by atoms with van der Waals surface area (Å²) in [6.45, 7) is 2.28. The van der Waals surface area contributed by atoms with Crippen molar-refractivity contribution in [2.75, 3.05) is 25.4 Å². The molecule has 1 N–H and O–H groups in total. The van der Waals surface area contributed by atoms with Gasteiger partial charge in [0.05, 0.1) is 5.92 Å². The number of likely N-dealkylation sites (tertiary alicyclic amines) is 1. The number of carbonyl (C=O) groups excluding carboxylic acids is 2.